The molecule has 0 amide bonds. The van der Waals surface area contributed by atoms with Crippen molar-refractivity contribution < 1.29 is 34.4 Å². The molecule has 8 fully saturated rings. The molecule has 339 valence electrons. The number of benzene rings is 4. The largest absolute Gasteiger partial charge is 0.512 e. The van der Waals surface area contributed by atoms with Crippen molar-refractivity contribution in [3.63, 3.8) is 0 Å². The average molecular weight is 1070 g/mol. The Kier molecular flexibility index (Phi) is 11.0. The molecule has 5 nitrogen and oxygen atoms in total. The first-order valence-electron chi connectivity index (χ1n) is 24.7. The first-order valence-corrected chi connectivity index (χ1v) is 28.2. The van der Waals surface area contributed by atoms with Gasteiger partial charge in [-0.15, -0.1) is 11.6 Å². The molecule has 0 atom stereocenters. The van der Waals surface area contributed by atoms with Gasteiger partial charge in [-0.2, -0.15) is 0 Å². The van der Waals surface area contributed by atoms with Crippen molar-refractivity contribution >= 4 is 52.0 Å². The molecule has 0 spiro atoms. The molecule has 0 saturated heterocycles. The predicted molar refractivity (Wildman–Crippen MR) is 267 cm³/mol. The second kappa shape index (κ2) is 16.5. The minimum Gasteiger partial charge on any atom is -0.512 e. The Hall–Kier alpha value is -4.68. The minimum atomic E-state index is -1.54. The average Bonchev–Trinajstić information content (AvgIpc) is 3.67. The van der Waals surface area contributed by atoms with E-state index < -0.39 is 8.07 Å². The summed E-state index contributed by atoms with van der Waals surface area (Å²) in [6.07, 6.45) is 20.1. The Labute approximate surface area is 404 Å². The number of hydrogen-bond acceptors (Lipinski definition) is 5. The van der Waals surface area contributed by atoms with E-state index in [0.29, 0.717) is 17.3 Å². The number of fused-ring (bicyclic) bond motifs is 4. The maximum atomic E-state index is 13.4. The van der Waals surface area contributed by atoms with Gasteiger partial charge in [0.1, 0.15) is 17.1 Å². The molecule has 7 heteroatoms. The Balaban J connectivity index is 0.000000158. The van der Waals surface area contributed by atoms with Crippen LogP contribution in [0, 0.1) is 59.5 Å². The summed E-state index contributed by atoms with van der Waals surface area (Å²) in [6.45, 7) is 9.28. The number of rotatable bonds is 7. The van der Waals surface area contributed by atoms with Gasteiger partial charge in [-0.3, -0.25) is 9.78 Å². The Morgan fingerprint density at radius 1 is 0.682 bits per heavy atom. The van der Waals surface area contributed by atoms with Crippen LogP contribution in [-0.4, -0.2) is 28.9 Å². The van der Waals surface area contributed by atoms with Crippen LogP contribution >= 0.6 is 0 Å². The van der Waals surface area contributed by atoms with Crippen molar-refractivity contribution in [2.24, 2.45) is 46.3 Å². The third-order valence-electron chi connectivity index (χ3n) is 17.2. The smallest absolute Gasteiger partial charge is 0.165 e. The zero-order valence-corrected chi connectivity index (χ0v) is 42.2. The number of aliphatic hydroxyl groups is 1. The molecule has 3 heterocycles. The van der Waals surface area contributed by atoms with Crippen molar-refractivity contribution in [3.8, 4) is 33.5 Å². The van der Waals surface area contributed by atoms with E-state index in [1.54, 1.807) is 6.08 Å². The normalized spacial score (nSPS) is 28.4. The van der Waals surface area contributed by atoms with Crippen LogP contribution in [0.1, 0.15) is 82.6 Å². The van der Waals surface area contributed by atoms with Crippen LogP contribution in [-0.2, 0) is 24.9 Å². The molecule has 8 bridgehead atoms. The number of carbonyl (C=O) groups is 1. The van der Waals surface area contributed by atoms with Gasteiger partial charge in [0.25, 0.3) is 0 Å². The van der Waals surface area contributed by atoms with Gasteiger partial charge in [-0.25, -0.2) is 0 Å². The number of hydrogen-bond donors (Lipinski definition) is 1. The fraction of sp³-hybridized carbons (Fsp3) is 0.407. The van der Waals surface area contributed by atoms with E-state index in [1.165, 1.54) is 71.4 Å². The van der Waals surface area contributed by atoms with Crippen molar-refractivity contribution in [2.45, 2.75) is 104 Å². The van der Waals surface area contributed by atoms with E-state index in [0.717, 1.165) is 113 Å². The van der Waals surface area contributed by atoms with Gasteiger partial charge in [0.2, 0.25) is 0 Å². The summed E-state index contributed by atoms with van der Waals surface area (Å²) in [5.41, 5.74) is 9.93. The molecule has 8 aliphatic carbocycles. The summed E-state index contributed by atoms with van der Waals surface area (Å²) in [7, 11) is -1.54. The van der Waals surface area contributed by atoms with Gasteiger partial charge >= 0.3 is 0 Å². The van der Waals surface area contributed by atoms with E-state index in [-0.39, 0.29) is 30.9 Å². The molecule has 1 N–H and O–H groups in total. The number of ketones is 1. The number of carbonyl (C=O) groups excluding carboxylic acids is 1. The molecule has 0 unspecified atom stereocenters. The van der Waals surface area contributed by atoms with E-state index >= 15 is 0 Å². The topological polar surface area (TPSA) is 76.2 Å². The third-order valence-corrected chi connectivity index (χ3v) is 19.2. The van der Waals surface area contributed by atoms with Gasteiger partial charge in [0, 0.05) is 47.8 Å². The van der Waals surface area contributed by atoms with Crippen LogP contribution in [0.25, 0.3) is 66.5 Å². The molecule has 8 aliphatic rings. The zero-order chi connectivity index (χ0) is 44.2. The van der Waals surface area contributed by atoms with Gasteiger partial charge in [0.15, 0.2) is 5.78 Å². The summed E-state index contributed by atoms with van der Waals surface area (Å²) < 4.78 is 6.04. The SMILES string of the molecule is Cc1cccc2oc3n[c-]c(-c4cc(-c5ccccc5-c5ccccc5)c5cc([Si](C)(C)C)ccc5n4)cc3c12.O=C(/C=C(\O)C12CC3CC(CC(C3)C1)C2)C12CC3CC(CC(C3)C1)C2.[Ir]. The number of pyridine rings is 2. The molecule has 8 saturated carbocycles. The number of furan rings is 1. The molecular formula is C59H61IrN2O3Si-. The fourth-order valence-electron chi connectivity index (χ4n) is 14.9. The van der Waals surface area contributed by atoms with Crippen LogP contribution in [0.4, 0.5) is 0 Å². The second-order valence-electron chi connectivity index (χ2n) is 22.8. The maximum Gasteiger partial charge on any atom is 0.165 e. The summed E-state index contributed by atoms with van der Waals surface area (Å²) in [6, 6.07) is 36.5. The predicted octanol–water partition coefficient (Wildman–Crippen LogP) is 14.6. The Morgan fingerprint density at radius 3 is 1.89 bits per heavy atom. The molecule has 7 aromatic rings. The minimum absolute atomic E-state index is 0. The number of aliphatic hydroxyl groups excluding tert-OH is 1. The molecule has 66 heavy (non-hydrogen) atoms. The van der Waals surface area contributed by atoms with E-state index in [1.807, 2.05) is 12.1 Å². The summed E-state index contributed by atoms with van der Waals surface area (Å²) in [5.74, 6) is 5.64. The number of nitrogens with zero attached hydrogens (tertiary/aromatic N) is 2. The van der Waals surface area contributed by atoms with Crippen LogP contribution in [0.15, 0.2) is 119 Å². The first-order chi connectivity index (χ1) is 31.4. The van der Waals surface area contributed by atoms with Crippen molar-refractivity contribution in [1.82, 2.24) is 9.97 Å². The number of aryl methyl sites for hydroxylation is 1. The van der Waals surface area contributed by atoms with E-state index in [2.05, 4.69) is 129 Å². The fourth-order valence-corrected chi connectivity index (χ4v) is 16.0. The van der Waals surface area contributed by atoms with Crippen LogP contribution in [0.3, 0.4) is 0 Å². The van der Waals surface area contributed by atoms with E-state index in [9.17, 15) is 9.90 Å². The summed E-state index contributed by atoms with van der Waals surface area (Å²) >= 11 is 0. The molecular weight excluding hydrogens is 1000 g/mol. The summed E-state index contributed by atoms with van der Waals surface area (Å²) in [4.78, 5) is 23.1. The van der Waals surface area contributed by atoms with Gasteiger partial charge in [-0.05, 0) is 177 Å². The Bertz CT molecular complexity index is 2980. The maximum absolute atomic E-state index is 13.4. The quantitative estimate of drug-likeness (QED) is 0.0745. The number of aromatic nitrogens is 2. The molecule has 4 aromatic carbocycles. The van der Waals surface area contributed by atoms with Crippen molar-refractivity contribution in [1.29, 1.82) is 0 Å². The standard InChI is InChI=1S/C36H29N2OSi.C23H32O2.Ir/c1-23-11-10-16-34-35(23)31-19-25(22-37-36(31)39-34)33-21-29(30-20-26(40(2,3)4)17-18-32(30)38-33)28-15-9-8-14-27(28)24-12-6-5-7-13-24;24-20(22-8-14-1-15(9-22)3-16(2-14)10-22)7-21(25)23-11-17-4-18(12-23)6-19(5-17)13-23;/h5-21H,1-4H3;7,14-19,24H,1-6,8-13H2;/q-1;;/b;20-7-;. The summed E-state index contributed by atoms with van der Waals surface area (Å²) in [5, 5.41) is 15.8. The van der Waals surface area contributed by atoms with Crippen LogP contribution in [0.2, 0.25) is 19.6 Å². The van der Waals surface area contributed by atoms with Gasteiger partial charge in [-0.1, -0.05) is 110 Å². The second-order valence-corrected chi connectivity index (χ2v) is 27.9. The first kappa shape index (κ1) is 43.9. The van der Waals surface area contributed by atoms with E-state index in [4.69, 9.17) is 9.40 Å². The van der Waals surface area contributed by atoms with Crippen LogP contribution < -0.4 is 5.19 Å². The van der Waals surface area contributed by atoms with Crippen molar-refractivity contribution in [2.75, 3.05) is 0 Å². The Morgan fingerprint density at radius 2 is 1.27 bits per heavy atom. The molecule has 1 radical (unpaired) electrons. The van der Waals surface area contributed by atoms with Gasteiger partial charge < -0.3 is 14.5 Å². The van der Waals surface area contributed by atoms with Crippen LogP contribution in [0.5, 0.6) is 0 Å². The number of allylic oxidation sites excluding steroid dienone is 2. The molecule has 3 aromatic heterocycles. The third kappa shape index (κ3) is 7.66. The molecule has 0 aliphatic heterocycles. The molecule has 15 rings (SSSR count). The monoisotopic (exact) mass is 1070 g/mol. The zero-order valence-electron chi connectivity index (χ0n) is 38.8. The van der Waals surface area contributed by atoms with Crippen molar-refractivity contribution in [3.05, 3.63) is 127 Å². The van der Waals surface area contributed by atoms with Gasteiger partial charge in [0.05, 0.1) is 13.6 Å².